The molecule has 0 saturated carbocycles. The minimum Gasteiger partial charge on any atom is -0.276 e. The number of halogens is 3. The Labute approximate surface area is 104 Å². The maximum absolute atomic E-state index is 13.1. The van der Waals surface area contributed by atoms with E-state index in [1.807, 2.05) is 0 Å². The molecule has 0 aliphatic rings. The predicted octanol–water partition coefficient (Wildman–Crippen LogP) is 2.07. The van der Waals surface area contributed by atoms with Crippen molar-refractivity contribution in [2.45, 2.75) is 0 Å². The molecule has 0 unspecified atom stereocenters. The van der Waals surface area contributed by atoms with Gasteiger partial charge in [0.05, 0.1) is 17.6 Å². The van der Waals surface area contributed by atoms with Crippen LogP contribution in [-0.2, 0) is 0 Å². The lowest BCUT2D eigenvalue weighted by Crippen LogP contribution is -1.99. The van der Waals surface area contributed by atoms with Gasteiger partial charge in [-0.15, -0.1) is 5.10 Å². The Balaban J connectivity index is 2.04. The molecule has 5 nitrogen and oxygen atoms in total. The lowest BCUT2D eigenvalue weighted by molar-refractivity contribution is 0.446. The van der Waals surface area contributed by atoms with Crippen molar-refractivity contribution in [3.63, 3.8) is 0 Å². The second kappa shape index (κ2) is 4.23. The summed E-state index contributed by atoms with van der Waals surface area (Å²) in [6.45, 7) is 0. The third kappa shape index (κ3) is 1.96. The summed E-state index contributed by atoms with van der Waals surface area (Å²) in [5.74, 6) is -4.08. The number of H-pyrrole nitrogens is 1. The monoisotopic (exact) mass is 265 g/mol. The third-order valence-corrected chi connectivity index (χ3v) is 2.50. The summed E-state index contributed by atoms with van der Waals surface area (Å²) in [7, 11) is 0. The fourth-order valence-corrected chi connectivity index (χ4v) is 1.59. The van der Waals surface area contributed by atoms with Crippen LogP contribution in [-0.4, -0.2) is 25.2 Å². The highest BCUT2D eigenvalue weighted by atomic mass is 19.2. The molecule has 1 aromatic carbocycles. The largest absolute Gasteiger partial charge is 0.276 e. The zero-order valence-electron chi connectivity index (χ0n) is 9.31. The molecule has 1 N–H and O–H groups in total. The highest BCUT2D eigenvalue weighted by molar-refractivity contribution is 5.52. The molecule has 0 radical (unpaired) electrons. The Bertz CT molecular complexity index is 697. The van der Waals surface area contributed by atoms with Crippen LogP contribution in [0.15, 0.2) is 30.6 Å². The van der Waals surface area contributed by atoms with Crippen molar-refractivity contribution in [3.05, 3.63) is 48.0 Å². The Morgan fingerprint density at radius 1 is 1.11 bits per heavy atom. The summed E-state index contributed by atoms with van der Waals surface area (Å²) >= 11 is 0. The van der Waals surface area contributed by atoms with Crippen LogP contribution in [0, 0.1) is 17.5 Å². The molecule has 0 saturated heterocycles. The van der Waals surface area contributed by atoms with Crippen molar-refractivity contribution in [1.29, 1.82) is 0 Å². The van der Waals surface area contributed by atoms with Crippen LogP contribution in [0.4, 0.5) is 13.2 Å². The molecule has 0 spiro atoms. The van der Waals surface area contributed by atoms with Gasteiger partial charge in [-0.25, -0.2) is 17.9 Å². The van der Waals surface area contributed by atoms with E-state index in [9.17, 15) is 13.2 Å². The van der Waals surface area contributed by atoms with Gasteiger partial charge in [0.25, 0.3) is 0 Å². The third-order valence-electron chi connectivity index (χ3n) is 2.50. The first kappa shape index (κ1) is 11.5. The summed E-state index contributed by atoms with van der Waals surface area (Å²) in [5.41, 5.74) is 1.09. The number of rotatable bonds is 2. The number of nitrogens with zero attached hydrogens (tertiary/aromatic N) is 4. The van der Waals surface area contributed by atoms with Crippen LogP contribution < -0.4 is 0 Å². The normalized spacial score (nSPS) is 10.9. The van der Waals surface area contributed by atoms with Gasteiger partial charge in [0.1, 0.15) is 5.69 Å². The van der Waals surface area contributed by atoms with E-state index >= 15 is 0 Å². The molecular weight excluding hydrogens is 259 g/mol. The van der Waals surface area contributed by atoms with Crippen molar-refractivity contribution >= 4 is 0 Å². The van der Waals surface area contributed by atoms with Crippen molar-refractivity contribution < 1.29 is 13.2 Å². The van der Waals surface area contributed by atoms with Crippen LogP contribution in [0.3, 0.4) is 0 Å². The first-order valence-corrected chi connectivity index (χ1v) is 5.22. The number of aromatic amines is 1. The molecule has 96 valence electrons. The Morgan fingerprint density at radius 2 is 1.84 bits per heavy atom. The Morgan fingerprint density at radius 3 is 2.47 bits per heavy atom. The molecule has 0 aliphatic heterocycles. The minimum atomic E-state index is -1.52. The van der Waals surface area contributed by atoms with Crippen LogP contribution in [0.5, 0.6) is 0 Å². The molecule has 3 rings (SSSR count). The van der Waals surface area contributed by atoms with E-state index in [-0.39, 0.29) is 5.69 Å². The first-order valence-electron chi connectivity index (χ1n) is 5.22. The lowest BCUT2D eigenvalue weighted by atomic mass is 10.3. The van der Waals surface area contributed by atoms with E-state index < -0.39 is 17.5 Å². The molecule has 0 fully saturated rings. The van der Waals surface area contributed by atoms with Crippen molar-refractivity contribution in [1.82, 2.24) is 25.2 Å². The molecule has 0 atom stereocenters. The van der Waals surface area contributed by atoms with Gasteiger partial charge in [-0.3, -0.25) is 5.10 Å². The van der Waals surface area contributed by atoms with Gasteiger partial charge in [0.2, 0.25) is 0 Å². The molecule has 0 aliphatic carbocycles. The van der Waals surface area contributed by atoms with Crippen LogP contribution in [0.25, 0.3) is 17.1 Å². The van der Waals surface area contributed by atoms with E-state index in [4.69, 9.17) is 0 Å². The summed E-state index contributed by atoms with van der Waals surface area (Å²) in [4.78, 5) is 0. The molecular formula is C11H6F3N5. The molecule has 8 heteroatoms. The zero-order valence-corrected chi connectivity index (χ0v) is 9.31. The van der Waals surface area contributed by atoms with E-state index in [1.54, 1.807) is 6.07 Å². The molecule has 3 aromatic rings. The van der Waals surface area contributed by atoms with Crippen molar-refractivity contribution in [3.8, 4) is 17.1 Å². The van der Waals surface area contributed by atoms with Gasteiger partial charge in [-0.2, -0.15) is 5.10 Å². The fraction of sp³-hybridized carbons (Fsp3) is 0. The fourth-order valence-electron chi connectivity index (χ4n) is 1.59. The van der Waals surface area contributed by atoms with Gasteiger partial charge >= 0.3 is 0 Å². The maximum atomic E-state index is 13.1. The first-order chi connectivity index (χ1) is 9.15. The summed E-state index contributed by atoms with van der Waals surface area (Å²) in [6.07, 6.45) is 2.98. The highest BCUT2D eigenvalue weighted by Gasteiger charge is 2.13. The van der Waals surface area contributed by atoms with Gasteiger partial charge in [-0.05, 0) is 6.07 Å². The molecule has 19 heavy (non-hydrogen) atoms. The van der Waals surface area contributed by atoms with Crippen LogP contribution in [0.1, 0.15) is 0 Å². The SMILES string of the molecule is Fc1cc(-n2cc(-c3ccn[nH]3)nn2)cc(F)c1F. The Hall–Kier alpha value is -2.64. The second-order valence-electron chi connectivity index (χ2n) is 3.74. The maximum Gasteiger partial charge on any atom is 0.194 e. The molecule has 2 heterocycles. The average Bonchev–Trinajstić information content (AvgIpc) is 3.05. The minimum absolute atomic E-state index is 0.0367. The highest BCUT2D eigenvalue weighted by Crippen LogP contribution is 2.18. The number of benzene rings is 1. The summed E-state index contributed by atoms with van der Waals surface area (Å²) < 4.78 is 40.2. The number of aromatic nitrogens is 5. The van der Waals surface area contributed by atoms with Crippen molar-refractivity contribution in [2.75, 3.05) is 0 Å². The van der Waals surface area contributed by atoms with Gasteiger partial charge in [0, 0.05) is 18.3 Å². The molecule has 0 amide bonds. The topological polar surface area (TPSA) is 59.4 Å². The predicted molar refractivity (Wildman–Crippen MR) is 58.8 cm³/mol. The van der Waals surface area contributed by atoms with E-state index in [0.717, 1.165) is 16.8 Å². The van der Waals surface area contributed by atoms with Crippen molar-refractivity contribution in [2.24, 2.45) is 0 Å². The Kier molecular flexibility index (Phi) is 2.55. The van der Waals surface area contributed by atoms with Crippen LogP contribution in [0.2, 0.25) is 0 Å². The summed E-state index contributed by atoms with van der Waals surface area (Å²) in [6, 6.07) is 3.34. The van der Waals surface area contributed by atoms with Gasteiger partial charge in [0.15, 0.2) is 17.5 Å². The molecule has 0 bridgehead atoms. The smallest absolute Gasteiger partial charge is 0.194 e. The number of nitrogens with one attached hydrogen (secondary N) is 1. The zero-order chi connectivity index (χ0) is 13.4. The van der Waals surface area contributed by atoms with Gasteiger partial charge < -0.3 is 0 Å². The van der Waals surface area contributed by atoms with E-state index in [2.05, 4.69) is 20.5 Å². The summed E-state index contributed by atoms with van der Waals surface area (Å²) in [5, 5.41) is 14.0. The standard InChI is InChI=1S/C11H6F3N5/c12-7-3-6(4-8(13)11(7)14)19-5-10(17-18-19)9-1-2-15-16-9/h1-5H,(H,15,16). The second-order valence-corrected chi connectivity index (χ2v) is 3.74. The van der Waals surface area contributed by atoms with Crippen LogP contribution >= 0.6 is 0 Å². The quantitative estimate of drug-likeness (QED) is 0.721. The molecule has 2 aromatic heterocycles. The van der Waals surface area contributed by atoms with E-state index in [0.29, 0.717) is 11.4 Å². The lowest BCUT2D eigenvalue weighted by Gasteiger charge is -2.01. The number of hydrogen-bond acceptors (Lipinski definition) is 3. The number of hydrogen-bond donors (Lipinski definition) is 1. The van der Waals surface area contributed by atoms with Gasteiger partial charge in [-0.1, -0.05) is 5.21 Å². The van der Waals surface area contributed by atoms with E-state index in [1.165, 1.54) is 12.4 Å². The average molecular weight is 265 g/mol.